The quantitative estimate of drug-likeness (QED) is 0.629. The van der Waals surface area contributed by atoms with E-state index in [-0.39, 0.29) is 23.1 Å². The summed E-state index contributed by atoms with van der Waals surface area (Å²) in [5, 5.41) is 17.0. The minimum Gasteiger partial charge on any atom is -0.445 e. The van der Waals surface area contributed by atoms with Gasteiger partial charge in [0.25, 0.3) is 5.69 Å². The van der Waals surface area contributed by atoms with E-state index >= 15 is 0 Å². The molecule has 0 fully saturated rings. The summed E-state index contributed by atoms with van der Waals surface area (Å²) < 4.78 is 5.75. The number of hydrazone groups is 1. The molecule has 0 saturated heterocycles. The monoisotopic (exact) mass is 345 g/mol. The van der Waals surface area contributed by atoms with Gasteiger partial charge in [-0.2, -0.15) is 5.01 Å². The zero-order valence-corrected chi connectivity index (χ0v) is 13.3. The first-order valence-corrected chi connectivity index (χ1v) is 7.39. The first-order valence-electron chi connectivity index (χ1n) is 7.01. The summed E-state index contributed by atoms with van der Waals surface area (Å²) in [4.78, 5) is 22.6. The highest BCUT2D eigenvalue weighted by Gasteiger charge is 2.36. The lowest BCUT2D eigenvalue weighted by Crippen LogP contribution is -2.25. The van der Waals surface area contributed by atoms with E-state index in [0.717, 1.165) is 5.01 Å². The smallest absolute Gasteiger partial charge is 0.278 e. The third kappa shape index (κ3) is 2.93. The van der Waals surface area contributed by atoms with Crippen LogP contribution in [0.5, 0.6) is 0 Å². The van der Waals surface area contributed by atoms with Crippen LogP contribution < -0.4 is 0 Å². The molecule has 1 unspecified atom stereocenters. The van der Waals surface area contributed by atoms with E-state index in [1.165, 1.54) is 13.0 Å². The molecule has 2 aromatic rings. The fourth-order valence-electron chi connectivity index (χ4n) is 2.34. The lowest BCUT2D eigenvalue weighted by molar-refractivity contribution is -0.386. The van der Waals surface area contributed by atoms with Crippen LogP contribution in [-0.4, -0.2) is 21.7 Å². The number of nitrogens with zero attached hydrogens (tertiary/aromatic N) is 3. The van der Waals surface area contributed by atoms with E-state index in [9.17, 15) is 14.9 Å². The minimum atomic E-state index is -0.991. The van der Waals surface area contributed by atoms with Gasteiger partial charge >= 0.3 is 0 Å². The maximum Gasteiger partial charge on any atom is 0.278 e. The van der Waals surface area contributed by atoms with Gasteiger partial charge in [0, 0.05) is 23.6 Å². The number of rotatable bonds is 3. The number of halogens is 1. The Hall–Kier alpha value is -2.93. The number of carbonyl (C=O) groups excluding carboxylic acids is 1. The van der Waals surface area contributed by atoms with Gasteiger partial charge in [-0.15, -0.1) is 5.10 Å². The van der Waals surface area contributed by atoms with Crippen molar-refractivity contribution in [1.82, 2.24) is 5.01 Å². The third-order valence-electron chi connectivity index (χ3n) is 3.46. The number of hydrogen-bond acceptors (Lipinski definition) is 5. The molecule has 8 heteroatoms. The second-order valence-electron chi connectivity index (χ2n) is 5.06. The largest absolute Gasteiger partial charge is 0.445 e. The Morgan fingerprint density at radius 3 is 2.54 bits per heavy atom. The van der Waals surface area contributed by atoms with Gasteiger partial charge in [0.1, 0.15) is 0 Å². The average Bonchev–Trinajstić information content (AvgIpc) is 3.01. The summed E-state index contributed by atoms with van der Waals surface area (Å²) in [6.45, 7) is 1.32. The molecule has 0 saturated carbocycles. The number of benzene rings is 2. The van der Waals surface area contributed by atoms with Gasteiger partial charge in [0.05, 0.1) is 10.5 Å². The van der Waals surface area contributed by atoms with E-state index in [0.29, 0.717) is 10.6 Å². The maximum atomic E-state index is 11.9. The molecule has 1 atom stereocenters. The number of hydrogen-bond donors (Lipinski definition) is 0. The van der Waals surface area contributed by atoms with E-state index in [2.05, 4.69) is 5.10 Å². The van der Waals surface area contributed by atoms with Crippen LogP contribution in [0.25, 0.3) is 0 Å². The fraction of sp³-hybridized carbons (Fsp3) is 0.125. The molecule has 0 aromatic heterocycles. The van der Waals surface area contributed by atoms with Crippen molar-refractivity contribution in [3.8, 4) is 0 Å². The number of para-hydroxylation sites is 1. The highest BCUT2D eigenvalue weighted by atomic mass is 35.5. The third-order valence-corrected chi connectivity index (χ3v) is 3.71. The standard InChI is InChI=1S/C16H12ClN3O4/c1-10(21)19-16(13-4-2-3-5-14(13)20(22)23)24-15(18-19)11-6-8-12(17)9-7-11/h2-9,16H,1H3. The van der Waals surface area contributed by atoms with Crippen LogP contribution in [-0.2, 0) is 9.53 Å². The average molecular weight is 346 g/mol. The highest BCUT2D eigenvalue weighted by Crippen LogP contribution is 2.35. The van der Waals surface area contributed by atoms with E-state index in [1.807, 2.05) is 0 Å². The van der Waals surface area contributed by atoms with Crippen LogP contribution in [0.4, 0.5) is 5.69 Å². The molecule has 0 spiro atoms. The van der Waals surface area contributed by atoms with E-state index in [1.54, 1.807) is 42.5 Å². The van der Waals surface area contributed by atoms with Crippen LogP contribution in [0, 0.1) is 10.1 Å². The normalized spacial score (nSPS) is 16.5. The van der Waals surface area contributed by atoms with Gasteiger partial charge in [-0.1, -0.05) is 23.7 Å². The molecule has 122 valence electrons. The Morgan fingerprint density at radius 1 is 1.25 bits per heavy atom. The van der Waals surface area contributed by atoms with Gasteiger partial charge in [-0.25, -0.2) is 0 Å². The topological polar surface area (TPSA) is 85.0 Å². The van der Waals surface area contributed by atoms with E-state index in [4.69, 9.17) is 16.3 Å². The van der Waals surface area contributed by atoms with Crippen LogP contribution in [0.2, 0.25) is 5.02 Å². The summed E-state index contributed by atoms with van der Waals surface area (Å²) in [6.07, 6.45) is -0.991. The summed E-state index contributed by atoms with van der Waals surface area (Å²) in [5.41, 5.74) is 0.735. The van der Waals surface area contributed by atoms with Gasteiger partial charge < -0.3 is 4.74 Å². The zero-order valence-electron chi connectivity index (χ0n) is 12.5. The molecule has 1 heterocycles. The Kier molecular flexibility index (Phi) is 4.18. The lowest BCUT2D eigenvalue weighted by Gasteiger charge is -2.19. The maximum absolute atomic E-state index is 11.9. The number of nitro groups is 1. The first-order chi connectivity index (χ1) is 11.5. The molecule has 24 heavy (non-hydrogen) atoms. The molecule has 7 nitrogen and oxygen atoms in total. The molecule has 1 amide bonds. The summed E-state index contributed by atoms with van der Waals surface area (Å²) in [5.74, 6) is -0.188. The zero-order chi connectivity index (χ0) is 17.3. The van der Waals surface area contributed by atoms with Gasteiger partial charge in [-0.3, -0.25) is 14.9 Å². The predicted octanol–water partition coefficient (Wildman–Crippen LogP) is 3.49. The van der Waals surface area contributed by atoms with Crippen molar-refractivity contribution in [2.45, 2.75) is 13.2 Å². The molecule has 0 aliphatic carbocycles. The summed E-state index contributed by atoms with van der Waals surface area (Å²) in [7, 11) is 0. The summed E-state index contributed by atoms with van der Waals surface area (Å²) >= 11 is 5.86. The van der Waals surface area contributed by atoms with Crippen molar-refractivity contribution in [1.29, 1.82) is 0 Å². The fourth-order valence-corrected chi connectivity index (χ4v) is 2.47. The lowest BCUT2D eigenvalue weighted by atomic mass is 10.1. The molecule has 2 aromatic carbocycles. The molecule has 3 rings (SSSR count). The molecule has 0 radical (unpaired) electrons. The molecule has 1 aliphatic rings. The molecule has 0 bridgehead atoms. The van der Waals surface area contributed by atoms with Crippen molar-refractivity contribution in [2.75, 3.05) is 0 Å². The minimum absolute atomic E-state index is 0.138. The van der Waals surface area contributed by atoms with Crippen molar-refractivity contribution in [3.05, 3.63) is 74.8 Å². The van der Waals surface area contributed by atoms with Crippen LogP contribution in [0.3, 0.4) is 0 Å². The number of amides is 1. The van der Waals surface area contributed by atoms with Crippen LogP contribution >= 0.6 is 11.6 Å². The second-order valence-corrected chi connectivity index (χ2v) is 5.50. The number of ether oxygens (including phenoxy) is 1. The van der Waals surface area contributed by atoms with Gasteiger partial charge in [0.2, 0.25) is 18.0 Å². The SMILES string of the molecule is CC(=O)N1N=C(c2ccc(Cl)cc2)OC1c1ccccc1[N+](=O)[O-]. The molecular weight excluding hydrogens is 334 g/mol. The predicted molar refractivity (Wildman–Crippen MR) is 87.4 cm³/mol. The Labute approximate surface area is 142 Å². The first kappa shape index (κ1) is 15.9. The molecule has 1 aliphatic heterocycles. The second kappa shape index (κ2) is 6.29. The van der Waals surface area contributed by atoms with Crippen molar-refractivity contribution < 1.29 is 14.5 Å². The van der Waals surface area contributed by atoms with E-state index < -0.39 is 11.2 Å². The van der Waals surface area contributed by atoms with Crippen molar-refractivity contribution in [3.63, 3.8) is 0 Å². The Bertz CT molecular complexity index is 835. The summed E-state index contributed by atoms with van der Waals surface area (Å²) in [6, 6.07) is 12.8. The van der Waals surface area contributed by atoms with Crippen LogP contribution in [0.1, 0.15) is 24.3 Å². The van der Waals surface area contributed by atoms with Crippen molar-refractivity contribution in [2.24, 2.45) is 5.10 Å². The van der Waals surface area contributed by atoms with Gasteiger partial charge in [-0.05, 0) is 30.3 Å². The number of nitro benzene ring substituents is 1. The van der Waals surface area contributed by atoms with Crippen LogP contribution in [0.15, 0.2) is 53.6 Å². The highest BCUT2D eigenvalue weighted by molar-refractivity contribution is 6.30. The molecular formula is C16H12ClN3O4. The number of carbonyl (C=O) groups is 1. The molecule has 0 N–H and O–H groups in total. The van der Waals surface area contributed by atoms with Crippen molar-refractivity contribution >= 4 is 29.1 Å². The Balaban J connectivity index is 2.00. The van der Waals surface area contributed by atoms with Gasteiger partial charge in [0.15, 0.2) is 0 Å². The Morgan fingerprint density at radius 2 is 1.92 bits per heavy atom.